The van der Waals surface area contributed by atoms with Gasteiger partial charge in [0.15, 0.2) is 5.65 Å². The van der Waals surface area contributed by atoms with E-state index in [2.05, 4.69) is 20.4 Å². The van der Waals surface area contributed by atoms with Crippen LogP contribution >= 0.6 is 11.3 Å². The largest absolute Gasteiger partial charge is 0.358 e. The van der Waals surface area contributed by atoms with Crippen LogP contribution in [0.2, 0.25) is 0 Å². The number of nitrogens with one attached hydrogen (secondary N) is 1. The van der Waals surface area contributed by atoms with Crippen LogP contribution in [-0.2, 0) is 7.05 Å². The topological polar surface area (TPSA) is 55.6 Å². The van der Waals surface area contributed by atoms with Gasteiger partial charge in [-0.15, -0.1) is 11.3 Å². The van der Waals surface area contributed by atoms with Gasteiger partial charge in [-0.1, -0.05) is 18.2 Å². The molecule has 4 aromatic rings. The fraction of sp³-hybridized carbons (Fsp3) is 0.118. The molecule has 0 unspecified atom stereocenters. The second kappa shape index (κ2) is 6.01. The highest BCUT2D eigenvalue weighted by atomic mass is 32.1. The van der Waals surface area contributed by atoms with Gasteiger partial charge in [0.05, 0.1) is 17.6 Å². The summed E-state index contributed by atoms with van der Waals surface area (Å²) in [5.74, 6) is 0.455. The molecule has 0 spiro atoms. The second-order valence-corrected chi connectivity index (χ2v) is 6.35. The fourth-order valence-electron chi connectivity index (χ4n) is 2.64. The van der Waals surface area contributed by atoms with Crippen LogP contribution in [0.5, 0.6) is 0 Å². The quantitative estimate of drug-likeness (QED) is 0.615. The number of anilines is 1. The monoisotopic (exact) mass is 339 g/mol. The molecular weight excluding hydrogens is 325 g/mol. The first-order chi connectivity index (χ1) is 11.7. The van der Waals surface area contributed by atoms with Crippen molar-refractivity contribution in [1.29, 1.82) is 0 Å². The third-order valence-electron chi connectivity index (χ3n) is 3.84. The highest BCUT2D eigenvalue weighted by Crippen LogP contribution is 2.31. The number of aryl methyl sites for hydroxylation is 1. The minimum absolute atomic E-state index is 0.121. The number of rotatable bonds is 4. The molecule has 4 rings (SSSR count). The fourth-order valence-corrected chi connectivity index (χ4v) is 3.45. The zero-order chi connectivity index (χ0) is 16.5. The van der Waals surface area contributed by atoms with Crippen molar-refractivity contribution in [1.82, 2.24) is 19.7 Å². The Bertz CT molecular complexity index is 962. The number of fused-ring (bicyclic) bond motifs is 1. The van der Waals surface area contributed by atoms with Gasteiger partial charge >= 0.3 is 0 Å². The molecule has 0 saturated heterocycles. The maximum atomic E-state index is 13.3. The van der Waals surface area contributed by atoms with E-state index < -0.39 is 0 Å². The van der Waals surface area contributed by atoms with Crippen LogP contribution in [0.3, 0.4) is 0 Å². The van der Waals surface area contributed by atoms with E-state index in [1.165, 1.54) is 18.5 Å². The summed E-state index contributed by atoms with van der Waals surface area (Å²) >= 11 is 1.64. The molecule has 7 heteroatoms. The molecular formula is C17H14FN5S. The summed E-state index contributed by atoms with van der Waals surface area (Å²) in [5, 5.41) is 10.6. The van der Waals surface area contributed by atoms with Crippen LogP contribution in [0.15, 0.2) is 54.3 Å². The first-order valence-electron chi connectivity index (χ1n) is 7.40. The van der Waals surface area contributed by atoms with Gasteiger partial charge in [-0.2, -0.15) is 5.10 Å². The van der Waals surface area contributed by atoms with Crippen molar-refractivity contribution in [3.63, 3.8) is 0 Å². The zero-order valence-electron chi connectivity index (χ0n) is 12.8. The highest BCUT2D eigenvalue weighted by Gasteiger charge is 2.18. The Labute approximate surface area is 141 Å². The van der Waals surface area contributed by atoms with Crippen LogP contribution in [0.25, 0.3) is 11.0 Å². The Morgan fingerprint density at radius 1 is 1.17 bits per heavy atom. The lowest BCUT2D eigenvalue weighted by molar-refractivity contribution is 0.626. The van der Waals surface area contributed by atoms with Gasteiger partial charge < -0.3 is 5.32 Å². The molecule has 0 radical (unpaired) electrons. The minimum Gasteiger partial charge on any atom is -0.358 e. The van der Waals surface area contributed by atoms with Crippen molar-refractivity contribution in [2.75, 3.05) is 5.32 Å². The van der Waals surface area contributed by atoms with Gasteiger partial charge in [-0.05, 0) is 29.1 Å². The maximum Gasteiger partial charge on any atom is 0.163 e. The minimum atomic E-state index is -0.250. The van der Waals surface area contributed by atoms with Crippen molar-refractivity contribution in [2.24, 2.45) is 7.05 Å². The third-order valence-corrected chi connectivity index (χ3v) is 4.78. The van der Waals surface area contributed by atoms with Gasteiger partial charge in [-0.3, -0.25) is 4.68 Å². The summed E-state index contributed by atoms with van der Waals surface area (Å²) in [6.07, 6.45) is 3.26. The van der Waals surface area contributed by atoms with Crippen LogP contribution in [0.1, 0.15) is 16.5 Å². The number of hydrogen-bond donors (Lipinski definition) is 1. The number of nitrogens with zero attached hydrogens (tertiary/aromatic N) is 4. The summed E-state index contributed by atoms with van der Waals surface area (Å²) < 4.78 is 15.0. The lowest BCUT2D eigenvalue weighted by Crippen LogP contribution is -2.12. The van der Waals surface area contributed by atoms with E-state index in [0.29, 0.717) is 5.82 Å². The molecule has 0 bridgehead atoms. The van der Waals surface area contributed by atoms with Gasteiger partial charge in [0, 0.05) is 11.9 Å². The number of benzene rings is 1. The average molecular weight is 339 g/mol. The molecule has 5 nitrogen and oxygen atoms in total. The first-order valence-corrected chi connectivity index (χ1v) is 8.28. The van der Waals surface area contributed by atoms with Crippen molar-refractivity contribution < 1.29 is 4.39 Å². The van der Waals surface area contributed by atoms with Crippen LogP contribution in [0.4, 0.5) is 10.2 Å². The van der Waals surface area contributed by atoms with Crippen LogP contribution < -0.4 is 5.32 Å². The molecule has 0 aliphatic heterocycles. The first kappa shape index (κ1) is 14.8. The summed E-state index contributed by atoms with van der Waals surface area (Å²) in [7, 11) is 1.84. The summed E-state index contributed by atoms with van der Waals surface area (Å²) in [4.78, 5) is 9.75. The maximum absolute atomic E-state index is 13.3. The Kier molecular flexibility index (Phi) is 3.70. The smallest absolute Gasteiger partial charge is 0.163 e. The van der Waals surface area contributed by atoms with Crippen LogP contribution in [-0.4, -0.2) is 19.7 Å². The molecule has 0 saturated carbocycles. The van der Waals surface area contributed by atoms with E-state index >= 15 is 0 Å². The predicted molar refractivity (Wildman–Crippen MR) is 92.5 cm³/mol. The summed E-state index contributed by atoms with van der Waals surface area (Å²) in [6, 6.07) is 10.4. The third kappa shape index (κ3) is 2.63. The molecule has 0 aliphatic rings. The number of thiophene rings is 1. The Balaban J connectivity index is 1.78. The molecule has 120 valence electrons. The Hall–Kier alpha value is -2.80. The molecule has 1 aromatic carbocycles. The number of aromatic nitrogens is 4. The van der Waals surface area contributed by atoms with E-state index in [9.17, 15) is 4.39 Å². The summed E-state index contributed by atoms with van der Waals surface area (Å²) in [6.45, 7) is 0. The summed E-state index contributed by atoms with van der Waals surface area (Å²) in [5.41, 5.74) is 1.73. The molecule has 0 fully saturated rings. The van der Waals surface area contributed by atoms with E-state index in [0.717, 1.165) is 21.5 Å². The lowest BCUT2D eigenvalue weighted by atomic mass is 10.1. The molecule has 0 amide bonds. The van der Waals surface area contributed by atoms with Gasteiger partial charge in [0.2, 0.25) is 0 Å². The number of hydrogen-bond acceptors (Lipinski definition) is 5. The van der Waals surface area contributed by atoms with E-state index in [-0.39, 0.29) is 11.9 Å². The second-order valence-electron chi connectivity index (χ2n) is 5.37. The Morgan fingerprint density at radius 2 is 2.00 bits per heavy atom. The normalized spacial score (nSPS) is 12.4. The van der Waals surface area contributed by atoms with E-state index in [4.69, 9.17) is 0 Å². The van der Waals surface area contributed by atoms with Crippen molar-refractivity contribution in [3.8, 4) is 0 Å². The van der Waals surface area contributed by atoms with Gasteiger partial charge in [0.25, 0.3) is 0 Å². The molecule has 3 heterocycles. The Morgan fingerprint density at radius 3 is 2.75 bits per heavy atom. The zero-order valence-corrected chi connectivity index (χ0v) is 13.7. The average Bonchev–Trinajstić information content (AvgIpc) is 3.25. The van der Waals surface area contributed by atoms with E-state index in [1.807, 2.05) is 24.6 Å². The van der Waals surface area contributed by atoms with Crippen molar-refractivity contribution in [3.05, 3.63) is 70.6 Å². The lowest BCUT2D eigenvalue weighted by Gasteiger charge is -2.19. The molecule has 24 heavy (non-hydrogen) atoms. The standard InChI is InChI=1S/C17H14FN5S/c1-23-17-13(9-21-23)16(19-10-20-17)22-15(14-3-2-8-24-14)11-4-6-12(18)7-5-11/h2-10,15H,1H3,(H,19,20,22)/t15-/m1/s1. The number of halogens is 1. The predicted octanol–water partition coefficient (Wildman–Crippen LogP) is 3.77. The molecule has 1 N–H and O–H groups in total. The molecule has 0 aliphatic carbocycles. The van der Waals surface area contributed by atoms with Crippen molar-refractivity contribution in [2.45, 2.75) is 6.04 Å². The SMILES string of the molecule is Cn1ncc2c(N[C@H](c3ccc(F)cc3)c3cccs3)ncnc21. The highest BCUT2D eigenvalue weighted by molar-refractivity contribution is 7.10. The van der Waals surface area contributed by atoms with Crippen molar-refractivity contribution >= 4 is 28.2 Å². The van der Waals surface area contributed by atoms with Crippen LogP contribution in [0, 0.1) is 5.82 Å². The molecule has 1 atom stereocenters. The van der Waals surface area contributed by atoms with Gasteiger partial charge in [-0.25, -0.2) is 14.4 Å². The van der Waals surface area contributed by atoms with Gasteiger partial charge in [0.1, 0.15) is 18.0 Å². The van der Waals surface area contributed by atoms with E-state index in [1.54, 1.807) is 34.3 Å². The molecule has 3 aromatic heterocycles.